The fraction of sp³-hybridized carbons (Fsp3) is 0.650. The first-order valence-electron chi connectivity index (χ1n) is 10.1. The molecule has 0 fully saturated rings. The number of sulfonamides is 1. The van der Waals surface area contributed by atoms with Gasteiger partial charge in [0.25, 0.3) is 0 Å². The summed E-state index contributed by atoms with van der Waals surface area (Å²) in [4.78, 5) is 16.4. The van der Waals surface area contributed by atoms with E-state index in [1.54, 1.807) is 23.1 Å². The Morgan fingerprint density at radius 2 is 1.85 bits per heavy atom. The molecule has 2 rings (SSSR count). The highest BCUT2D eigenvalue weighted by molar-refractivity contribution is 7.89. The Morgan fingerprint density at radius 3 is 2.48 bits per heavy atom. The highest BCUT2D eigenvalue weighted by Gasteiger charge is 2.25. The topological polar surface area (TPSA) is 69.7 Å². The van der Waals surface area contributed by atoms with Crippen molar-refractivity contribution in [2.24, 2.45) is 0 Å². The maximum absolute atomic E-state index is 12.6. The van der Waals surface area contributed by atoms with Crippen molar-refractivity contribution < 1.29 is 13.2 Å². The van der Waals surface area contributed by atoms with Crippen molar-refractivity contribution in [1.29, 1.82) is 0 Å². The van der Waals surface area contributed by atoms with Gasteiger partial charge in [0, 0.05) is 25.2 Å². The van der Waals surface area contributed by atoms with Crippen molar-refractivity contribution in [2.75, 3.05) is 37.6 Å². The van der Waals surface area contributed by atoms with Crippen LogP contribution in [0.1, 0.15) is 52.0 Å². The van der Waals surface area contributed by atoms with Gasteiger partial charge >= 0.3 is 0 Å². The third-order valence-corrected chi connectivity index (χ3v) is 6.34. The molecule has 0 saturated carbocycles. The molecule has 1 aromatic rings. The van der Waals surface area contributed by atoms with Crippen LogP contribution in [0, 0.1) is 0 Å². The van der Waals surface area contributed by atoms with E-state index in [4.69, 9.17) is 0 Å². The van der Waals surface area contributed by atoms with E-state index in [1.807, 2.05) is 6.92 Å². The van der Waals surface area contributed by atoms with Crippen molar-refractivity contribution >= 4 is 21.6 Å². The van der Waals surface area contributed by atoms with Gasteiger partial charge in [0.1, 0.15) is 0 Å². The van der Waals surface area contributed by atoms with Crippen LogP contribution in [-0.4, -0.2) is 51.9 Å². The molecule has 27 heavy (non-hydrogen) atoms. The van der Waals surface area contributed by atoms with Crippen LogP contribution >= 0.6 is 0 Å². The number of nitrogens with one attached hydrogen (secondary N) is 1. The number of fused-ring (bicyclic) bond motifs is 1. The molecule has 1 aliphatic heterocycles. The van der Waals surface area contributed by atoms with Crippen LogP contribution in [0.5, 0.6) is 0 Å². The van der Waals surface area contributed by atoms with Crippen LogP contribution in [-0.2, 0) is 21.2 Å². The summed E-state index contributed by atoms with van der Waals surface area (Å²) in [5.41, 5.74) is 1.77. The lowest BCUT2D eigenvalue weighted by atomic mass is 10.2. The molecule has 1 amide bonds. The SMILES string of the molecule is CCCN(CCC)CCCNS(=O)(=O)c1ccc2c(c1)CCN2C(=O)CC. The fourth-order valence-corrected chi connectivity index (χ4v) is 4.68. The van der Waals surface area contributed by atoms with Crippen molar-refractivity contribution in [2.45, 2.75) is 57.8 Å². The van der Waals surface area contributed by atoms with Crippen molar-refractivity contribution in [1.82, 2.24) is 9.62 Å². The van der Waals surface area contributed by atoms with E-state index in [0.717, 1.165) is 50.1 Å². The molecule has 1 N–H and O–H groups in total. The van der Waals surface area contributed by atoms with Gasteiger partial charge < -0.3 is 9.80 Å². The van der Waals surface area contributed by atoms with Crippen molar-refractivity contribution in [3.8, 4) is 0 Å². The Labute approximate surface area is 164 Å². The molecule has 6 nitrogen and oxygen atoms in total. The third kappa shape index (κ3) is 5.77. The number of carbonyl (C=O) groups excluding carboxylic acids is 1. The van der Waals surface area contributed by atoms with Gasteiger partial charge in [0.2, 0.25) is 15.9 Å². The van der Waals surface area contributed by atoms with E-state index >= 15 is 0 Å². The zero-order chi connectivity index (χ0) is 19.9. The van der Waals surface area contributed by atoms with Crippen LogP contribution in [0.15, 0.2) is 23.1 Å². The second kappa shape index (κ2) is 10.2. The number of hydrogen-bond acceptors (Lipinski definition) is 4. The zero-order valence-electron chi connectivity index (χ0n) is 16.8. The molecule has 0 spiro atoms. The number of carbonyl (C=O) groups is 1. The van der Waals surface area contributed by atoms with Gasteiger partial charge in [-0.15, -0.1) is 0 Å². The molecule has 1 aliphatic rings. The van der Waals surface area contributed by atoms with Gasteiger partial charge in [-0.2, -0.15) is 0 Å². The highest BCUT2D eigenvalue weighted by atomic mass is 32.2. The minimum atomic E-state index is -3.52. The van der Waals surface area contributed by atoms with E-state index in [1.165, 1.54) is 0 Å². The average Bonchev–Trinajstić information content (AvgIpc) is 3.08. The summed E-state index contributed by atoms with van der Waals surface area (Å²) < 4.78 is 27.9. The van der Waals surface area contributed by atoms with Crippen molar-refractivity contribution in [3.63, 3.8) is 0 Å². The van der Waals surface area contributed by atoms with Gasteiger partial charge in [-0.25, -0.2) is 13.1 Å². The van der Waals surface area contributed by atoms with Crippen LogP contribution < -0.4 is 9.62 Å². The van der Waals surface area contributed by atoms with Crippen LogP contribution in [0.25, 0.3) is 0 Å². The molecule has 7 heteroatoms. The predicted octanol–water partition coefficient (Wildman–Crippen LogP) is 2.78. The summed E-state index contributed by atoms with van der Waals surface area (Å²) in [6.45, 7) is 10.2. The summed E-state index contributed by atoms with van der Waals surface area (Å²) in [7, 11) is -3.52. The first-order chi connectivity index (χ1) is 12.9. The predicted molar refractivity (Wildman–Crippen MR) is 110 cm³/mol. The molecule has 0 unspecified atom stereocenters. The molecular formula is C20H33N3O3S. The van der Waals surface area contributed by atoms with Crippen LogP contribution in [0.2, 0.25) is 0 Å². The Hall–Kier alpha value is -1.44. The Bertz CT molecular complexity index is 728. The summed E-state index contributed by atoms with van der Waals surface area (Å²) in [5, 5.41) is 0. The summed E-state index contributed by atoms with van der Waals surface area (Å²) in [6, 6.07) is 5.07. The molecule has 0 aliphatic carbocycles. The van der Waals surface area contributed by atoms with E-state index in [2.05, 4.69) is 23.5 Å². The van der Waals surface area contributed by atoms with Crippen LogP contribution in [0.3, 0.4) is 0 Å². The molecule has 0 bridgehead atoms. The summed E-state index contributed by atoms with van der Waals surface area (Å²) in [6.07, 6.45) is 4.17. The quantitative estimate of drug-likeness (QED) is 0.585. The average molecular weight is 396 g/mol. The van der Waals surface area contributed by atoms with E-state index in [9.17, 15) is 13.2 Å². The lowest BCUT2D eigenvalue weighted by Crippen LogP contribution is -2.31. The van der Waals surface area contributed by atoms with Crippen molar-refractivity contribution in [3.05, 3.63) is 23.8 Å². The maximum Gasteiger partial charge on any atom is 0.240 e. The zero-order valence-corrected chi connectivity index (χ0v) is 17.6. The molecule has 1 heterocycles. The molecule has 0 radical (unpaired) electrons. The monoisotopic (exact) mass is 395 g/mol. The summed E-state index contributed by atoms with van der Waals surface area (Å²) in [5.74, 6) is 0.0752. The Morgan fingerprint density at radius 1 is 1.15 bits per heavy atom. The number of rotatable bonds is 11. The Balaban J connectivity index is 1.94. The standard InChI is InChI=1S/C20H33N3O3S/c1-4-12-22(13-5-2)14-7-11-21-27(25,26)18-8-9-19-17(16-18)10-15-23(19)20(24)6-3/h8-9,16,21H,4-7,10-15H2,1-3H3. The van der Waals surface area contributed by atoms with Gasteiger partial charge in [0.05, 0.1) is 4.90 Å². The molecule has 0 aromatic heterocycles. The maximum atomic E-state index is 12.6. The molecule has 152 valence electrons. The number of hydrogen-bond donors (Lipinski definition) is 1. The second-order valence-corrected chi connectivity index (χ2v) is 8.80. The molecular weight excluding hydrogens is 362 g/mol. The second-order valence-electron chi connectivity index (χ2n) is 7.03. The van der Waals surface area contributed by atoms with Gasteiger partial charge in [-0.1, -0.05) is 20.8 Å². The van der Waals surface area contributed by atoms with Gasteiger partial charge in [-0.3, -0.25) is 4.79 Å². The van der Waals surface area contributed by atoms with Crippen LogP contribution in [0.4, 0.5) is 5.69 Å². The van der Waals surface area contributed by atoms with E-state index in [0.29, 0.717) is 25.9 Å². The normalized spacial score (nSPS) is 14.0. The first kappa shape index (κ1) is 21.9. The Kier molecular flexibility index (Phi) is 8.26. The number of nitrogens with zero attached hydrogens (tertiary/aromatic N) is 2. The molecule has 1 aromatic carbocycles. The lowest BCUT2D eigenvalue weighted by molar-refractivity contribution is -0.118. The molecule has 0 atom stereocenters. The van der Waals surface area contributed by atoms with Gasteiger partial charge in [-0.05, 0) is 69.1 Å². The number of anilines is 1. The smallest absolute Gasteiger partial charge is 0.240 e. The van der Waals surface area contributed by atoms with E-state index in [-0.39, 0.29) is 10.8 Å². The fourth-order valence-electron chi connectivity index (χ4n) is 3.56. The minimum Gasteiger partial charge on any atom is -0.312 e. The van der Waals surface area contributed by atoms with Gasteiger partial charge in [0.15, 0.2) is 0 Å². The number of benzene rings is 1. The third-order valence-electron chi connectivity index (χ3n) is 4.88. The first-order valence-corrected chi connectivity index (χ1v) is 11.6. The summed E-state index contributed by atoms with van der Waals surface area (Å²) >= 11 is 0. The minimum absolute atomic E-state index is 0.0752. The van der Waals surface area contributed by atoms with E-state index < -0.39 is 10.0 Å². The largest absolute Gasteiger partial charge is 0.312 e. The number of amides is 1. The lowest BCUT2D eigenvalue weighted by Gasteiger charge is -2.20. The molecule has 0 saturated heterocycles. The highest BCUT2D eigenvalue weighted by Crippen LogP contribution is 2.30.